The third-order valence-corrected chi connectivity index (χ3v) is 3.40. The lowest BCUT2D eigenvalue weighted by molar-refractivity contribution is 0.0953. The summed E-state index contributed by atoms with van der Waals surface area (Å²) in [6.07, 6.45) is 3.19. The van der Waals surface area contributed by atoms with Crippen molar-refractivity contribution in [3.05, 3.63) is 29.3 Å². The molecule has 2 rings (SSSR count). The fraction of sp³-hybridized carbons (Fsp3) is 0.533. The molecule has 1 aromatic rings. The molecule has 0 aromatic heterocycles. The SMILES string of the molecule is CN(C)CCCCNC(=O)c1ccc2c(c1)NCC2. The number of benzene rings is 1. The zero-order valence-corrected chi connectivity index (χ0v) is 11.8. The van der Waals surface area contributed by atoms with E-state index in [1.807, 2.05) is 12.1 Å². The van der Waals surface area contributed by atoms with Gasteiger partial charge in [-0.1, -0.05) is 6.07 Å². The Hall–Kier alpha value is -1.55. The van der Waals surface area contributed by atoms with Crippen LogP contribution in [-0.2, 0) is 6.42 Å². The highest BCUT2D eigenvalue weighted by Crippen LogP contribution is 2.23. The Kier molecular flexibility index (Phi) is 4.80. The number of unbranched alkanes of at least 4 members (excludes halogenated alkanes) is 1. The summed E-state index contributed by atoms with van der Waals surface area (Å²) in [4.78, 5) is 14.2. The lowest BCUT2D eigenvalue weighted by Crippen LogP contribution is -2.25. The smallest absolute Gasteiger partial charge is 0.251 e. The van der Waals surface area contributed by atoms with E-state index in [0.717, 1.165) is 50.1 Å². The monoisotopic (exact) mass is 261 g/mol. The van der Waals surface area contributed by atoms with Gasteiger partial charge in [-0.05, 0) is 57.6 Å². The van der Waals surface area contributed by atoms with Gasteiger partial charge in [0.25, 0.3) is 5.91 Å². The number of hydrogen-bond acceptors (Lipinski definition) is 3. The van der Waals surface area contributed by atoms with Crippen LogP contribution in [0.25, 0.3) is 0 Å². The molecule has 0 aliphatic carbocycles. The predicted molar refractivity (Wildman–Crippen MR) is 78.8 cm³/mol. The summed E-state index contributed by atoms with van der Waals surface area (Å²) >= 11 is 0. The molecule has 2 N–H and O–H groups in total. The third kappa shape index (κ3) is 3.96. The Balaban J connectivity index is 1.77. The number of carbonyl (C=O) groups is 1. The van der Waals surface area contributed by atoms with E-state index in [0.29, 0.717) is 0 Å². The van der Waals surface area contributed by atoms with Gasteiger partial charge in [0.1, 0.15) is 0 Å². The van der Waals surface area contributed by atoms with E-state index in [9.17, 15) is 4.79 Å². The van der Waals surface area contributed by atoms with Crippen molar-refractivity contribution in [2.24, 2.45) is 0 Å². The summed E-state index contributed by atoms with van der Waals surface area (Å²) in [5, 5.41) is 6.28. The van der Waals surface area contributed by atoms with E-state index >= 15 is 0 Å². The van der Waals surface area contributed by atoms with Crippen molar-refractivity contribution < 1.29 is 4.79 Å². The first-order valence-electron chi connectivity index (χ1n) is 6.96. The van der Waals surface area contributed by atoms with Gasteiger partial charge >= 0.3 is 0 Å². The molecular formula is C15H23N3O. The summed E-state index contributed by atoms with van der Waals surface area (Å²) in [5.41, 5.74) is 3.17. The molecule has 19 heavy (non-hydrogen) atoms. The molecule has 1 heterocycles. The number of amides is 1. The zero-order valence-electron chi connectivity index (χ0n) is 11.8. The van der Waals surface area contributed by atoms with Crippen molar-refractivity contribution >= 4 is 11.6 Å². The van der Waals surface area contributed by atoms with Gasteiger partial charge in [-0.25, -0.2) is 0 Å². The minimum absolute atomic E-state index is 0.0290. The first kappa shape index (κ1) is 13.9. The Labute approximate surface area is 115 Å². The highest BCUT2D eigenvalue weighted by Gasteiger charge is 2.12. The van der Waals surface area contributed by atoms with Gasteiger partial charge in [-0.15, -0.1) is 0 Å². The standard InChI is InChI=1S/C15H23N3O/c1-18(2)10-4-3-8-17-15(19)13-6-5-12-7-9-16-14(12)11-13/h5-6,11,16H,3-4,7-10H2,1-2H3,(H,17,19). The maximum absolute atomic E-state index is 12.0. The van der Waals surface area contributed by atoms with Crippen molar-refractivity contribution in [3.8, 4) is 0 Å². The van der Waals surface area contributed by atoms with Crippen LogP contribution < -0.4 is 10.6 Å². The molecule has 1 aliphatic heterocycles. The van der Waals surface area contributed by atoms with E-state index < -0.39 is 0 Å². The summed E-state index contributed by atoms with van der Waals surface area (Å²) < 4.78 is 0. The molecule has 1 aliphatic rings. The van der Waals surface area contributed by atoms with Gasteiger partial charge in [0.15, 0.2) is 0 Å². The number of rotatable bonds is 6. The van der Waals surface area contributed by atoms with E-state index in [-0.39, 0.29) is 5.91 Å². The molecule has 0 radical (unpaired) electrons. The zero-order chi connectivity index (χ0) is 13.7. The minimum atomic E-state index is 0.0290. The van der Waals surface area contributed by atoms with Crippen molar-refractivity contribution in [2.75, 3.05) is 39.0 Å². The fourth-order valence-electron chi connectivity index (χ4n) is 2.29. The number of carbonyl (C=O) groups excluding carboxylic acids is 1. The van der Waals surface area contributed by atoms with Crippen LogP contribution in [0.3, 0.4) is 0 Å². The van der Waals surface area contributed by atoms with Gasteiger partial charge in [0.2, 0.25) is 0 Å². The molecule has 0 fully saturated rings. The molecule has 4 nitrogen and oxygen atoms in total. The number of nitrogens with zero attached hydrogens (tertiary/aromatic N) is 1. The van der Waals surface area contributed by atoms with Gasteiger partial charge < -0.3 is 15.5 Å². The van der Waals surface area contributed by atoms with E-state index in [1.54, 1.807) is 0 Å². The molecule has 4 heteroatoms. The van der Waals surface area contributed by atoms with Crippen LogP contribution in [0.1, 0.15) is 28.8 Å². The van der Waals surface area contributed by atoms with Crippen molar-refractivity contribution in [1.82, 2.24) is 10.2 Å². The minimum Gasteiger partial charge on any atom is -0.384 e. The highest BCUT2D eigenvalue weighted by atomic mass is 16.1. The quantitative estimate of drug-likeness (QED) is 0.767. The van der Waals surface area contributed by atoms with Crippen LogP contribution in [0, 0.1) is 0 Å². The normalized spacial score (nSPS) is 13.2. The van der Waals surface area contributed by atoms with Crippen LogP contribution in [0.5, 0.6) is 0 Å². The Bertz CT molecular complexity index is 443. The molecule has 0 saturated heterocycles. The van der Waals surface area contributed by atoms with Crippen LogP contribution in [0.4, 0.5) is 5.69 Å². The van der Waals surface area contributed by atoms with E-state index in [2.05, 4.69) is 35.7 Å². The first-order chi connectivity index (χ1) is 9.16. The molecule has 104 valence electrons. The van der Waals surface area contributed by atoms with Gasteiger partial charge in [-0.2, -0.15) is 0 Å². The first-order valence-corrected chi connectivity index (χ1v) is 6.96. The summed E-state index contributed by atoms with van der Waals surface area (Å²) in [5.74, 6) is 0.0290. The van der Waals surface area contributed by atoms with Gasteiger partial charge in [0, 0.05) is 24.3 Å². The van der Waals surface area contributed by atoms with Crippen molar-refractivity contribution in [3.63, 3.8) is 0 Å². The summed E-state index contributed by atoms with van der Waals surface area (Å²) in [6, 6.07) is 5.93. The molecule has 1 aromatic carbocycles. The molecule has 0 unspecified atom stereocenters. The Morgan fingerprint density at radius 3 is 3.00 bits per heavy atom. The molecule has 0 bridgehead atoms. The van der Waals surface area contributed by atoms with E-state index in [4.69, 9.17) is 0 Å². The number of anilines is 1. The molecule has 0 spiro atoms. The topological polar surface area (TPSA) is 44.4 Å². The van der Waals surface area contributed by atoms with Gasteiger partial charge in [-0.3, -0.25) is 4.79 Å². The second-order valence-corrected chi connectivity index (χ2v) is 5.31. The van der Waals surface area contributed by atoms with Crippen molar-refractivity contribution in [1.29, 1.82) is 0 Å². The maximum Gasteiger partial charge on any atom is 0.251 e. The molecular weight excluding hydrogens is 238 g/mol. The average molecular weight is 261 g/mol. The number of nitrogens with one attached hydrogen (secondary N) is 2. The van der Waals surface area contributed by atoms with Crippen molar-refractivity contribution in [2.45, 2.75) is 19.3 Å². The summed E-state index contributed by atoms with van der Waals surface area (Å²) in [6.45, 7) is 2.79. The third-order valence-electron chi connectivity index (χ3n) is 3.40. The van der Waals surface area contributed by atoms with Crippen LogP contribution in [0.15, 0.2) is 18.2 Å². The Morgan fingerprint density at radius 2 is 2.21 bits per heavy atom. The van der Waals surface area contributed by atoms with Crippen LogP contribution in [-0.4, -0.2) is 44.5 Å². The Morgan fingerprint density at radius 1 is 1.37 bits per heavy atom. The van der Waals surface area contributed by atoms with Crippen LogP contribution >= 0.6 is 0 Å². The van der Waals surface area contributed by atoms with Gasteiger partial charge in [0.05, 0.1) is 0 Å². The van der Waals surface area contributed by atoms with Crippen LogP contribution in [0.2, 0.25) is 0 Å². The fourth-order valence-corrected chi connectivity index (χ4v) is 2.29. The lowest BCUT2D eigenvalue weighted by Gasteiger charge is -2.10. The average Bonchev–Trinajstić information content (AvgIpc) is 2.84. The molecule has 1 amide bonds. The van der Waals surface area contributed by atoms with E-state index in [1.165, 1.54) is 5.56 Å². The highest BCUT2D eigenvalue weighted by molar-refractivity contribution is 5.95. The largest absolute Gasteiger partial charge is 0.384 e. The number of fused-ring (bicyclic) bond motifs is 1. The summed E-state index contributed by atoms with van der Waals surface area (Å²) in [7, 11) is 4.13. The lowest BCUT2D eigenvalue weighted by atomic mass is 10.1. The second-order valence-electron chi connectivity index (χ2n) is 5.31. The molecule has 0 saturated carbocycles. The maximum atomic E-state index is 12.0. The predicted octanol–water partition coefficient (Wildman–Crippen LogP) is 1.73. The molecule has 0 atom stereocenters. The number of hydrogen-bond donors (Lipinski definition) is 2. The second kappa shape index (κ2) is 6.57.